The third-order valence-electron chi connectivity index (χ3n) is 3.12. The molecule has 0 spiro atoms. The van der Waals surface area contributed by atoms with Crippen molar-refractivity contribution in [3.8, 4) is 0 Å². The highest BCUT2D eigenvalue weighted by atomic mass is 79.9. The van der Waals surface area contributed by atoms with Gasteiger partial charge in [0.25, 0.3) is 0 Å². The molecule has 1 aliphatic carbocycles. The third-order valence-corrected chi connectivity index (χ3v) is 3.71. The van der Waals surface area contributed by atoms with Gasteiger partial charge in [-0.2, -0.15) is 0 Å². The molecule has 0 atom stereocenters. The monoisotopic (exact) mass is 300 g/mol. The zero-order valence-electron chi connectivity index (χ0n) is 9.66. The van der Waals surface area contributed by atoms with Gasteiger partial charge in [-0.15, -0.1) is 0 Å². The average molecular weight is 301 g/mol. The zero-order chi connectivity index (χ0) is 12.9. The standard InChI is InChI=1S/C15H9BrO2/c1-8-2-3-9-5-11-12(6-10(9)4-8)15(18)13(16)7-14(11)17/h2-7H,1H3. The van der Waals surface area contributed by atoms with Crippen LogP contribution in [0.3, 0.4) is 0 Å². The van der Waals surface area contributed by atoms with Crippen LogP contribution in [-0.2, 0) is 0 Å². The summed E-state index contributed by atoms with van der Waals surface area (Å²) in [6.45, 7) is 2.00. The molecule has 0 saturated heterocycles. The molecule has 0 heterocycles. The lowest BCUT2D eigenvalue weighted by molar-refractivity contribution is 0.0992. The van der Waals surface area contributed by atoms with Gasteiger partial charge in [-0.3, -0.25) is 9.59 Å². The number of aryl methyl sites for hydroxylation is 1. The van der Waals surface area contributed by atoms with Crippen molar-refractivity contribution in [2.45, 2.75) is 6.92 Å². The van der Waals surface area contributed by atoms with Crippen molar-refractivity contribution < 1.29 is 9.59 Å². The van der Waals surface area contributed by atoms with Crippen LogP contribution in [0.2, 0.25) is 0 Å². The van der Waals surface area contributed by atoms with Gasteiger partial charge in [-0.1, -0.05) is 23.8 Å². The van der Waals surface area contributed by atoms with Crippen LogP contribution in [0.4, 0.5) is 0 Å². The van der Waals surface area contributed by atoms with Gasteiger partial charge in [0.15, 0.2) is 5.78 Å². The molecule has 0 N–H and O–H groups in total. The number of benzene rings is 2. The average Bonchev–Trinajstić information content (AvgIpc) is 2.34. The summed E-state index contributed by atoms with van der Waals surface area (Å²) in [5.74, 6) is -0.257. The van der Waals surface area contributed by atoms with E-state index in [1.54, 1.807) is 12.1 Å². The number of Topliss-reactive ketones (excluding diaryl/α,β-unsaturated/α-hetero) is 1. The Morgan fingerprint density at radius 3 is 2.44 bits per heavy atom. The Kier molecular flexibility index (Phi) is 2.45. The van der Waals surface area contributed by atoms with Crippen LogP contribution < -0.4 is 0 Å². The Balaban J connectivity index is 2.36. The second kappa shape index (κ2) is 3.89. The predicted molar refractivity (Wildman–Crippen MR) is 74.4 cm³/mol. The largest absolute Gasteiger partial charge is 0.289 e. The fourth-order valence-corrected chi connectivity index (χ4v) is 2.62. The van der Waals surface area contributed by atoms with E-state index in [1.165, 1.54) is 6.08 Å². The van der Waals surface area contributed by atoms with Gasteiger partial charge in [0.2, 0.25) is 5.78 Å². The lowest BCUT2D eigenvalue weighted by Gasteiger charge is -2.13. The molecular formula is C15H9BrO2. The molecule has 18 heavy (non-hydrogen) atoms. The maximum absolute atomic E-state index is 12.0. The minimum absolute atomic E-state index is 0.126. The lowest BCUT2D eigenvalue weighted by Crippen LogP contribution is -2.14. The van der Waals surface area contributed by atoms with Crippen LogP contribution in [0.5, 0.6) is 0 Å². The molecule has 0 unspecified atom stereocenters. The molecule has 0 aliphatic heterocycles. The molecule has 0 amide bonds. The lowest BCUT2D eigenvalue weighted by atomic mass is 9.91. The normalized spacial score (nSPS) is 14.7. The molecule has 2 aromatic rings. The SMILES string of the molecule is Cc1ccc2cc3c(cc2c1)C(=O)C(Br)=CC3=O. The molecule has 88 valence electrons. The number of hydrogen-bond donors (Lipinski definition) is 0. The minimum atomic E-state index is -0.131. The fourth-order valence-electron chi connectivity index (χ4n) is 2.20. The Morgan fingerprint density at radius 1 is 0.944 bits per heavy atom. The van der Waals surface area contributed by atoms with Crippen LogP contribution in [0.1, 0.15) is 26.3 Å². The van der Waals surface area contributed by atoms with Crippen LogP contribution in [0, 0.1) is 6.92 Å². The first-order valence-corrected chi connectivity index (χ1v) is 6.36. The highest BCUT2D eigenvalue weighted by Gasteiger charge is 2.24. The summed E-state index contributed by atoms with van der Waals surface area (Å²) in [6.07, 6.45) is 1.34. The van der Waals surface area contributed by atoms with E-state index in [1.807, 2.05) is 25.1 Å². The Morgan fingerprint density at radius 2 is 1.67 bits per heavy atom. The molecule has 0 bridgehead atoms. The Labute approximate surface area is 112 Å². The van der Waals surface area contributed by atoms with Gasteiger partial charge < -0.3 is 0 Å². The summed E-state index contributed by atoms with van der Waals surface area (Å²) in [5, 5.41) is 1.96. The quantitative estimate of drug-likeness (QED) is 0.741. The van der Waals surface area contributed by atoms with Crippen LogP contribution >= 0.6 is 15.9 Å². The van der Waals surface area contributed by atoms with Crippen molar-refractivity contribution in [3.05, 3.63) is 57.6 Å². The fraction of sp³-hybridized carbons (Fsp3) is 0.0667. The molecule has 0 radical (unpaired) electrons. The van der Waals surface area contributed by atoms with E-state index >= 15 is 0 Å². The van der Waals surface area contributed by atoms with Gasteiger partial charge in [0.1, 0.15) is 0 Å². The summed E-state index contributed by atoms with van der Waals surface area (Å²) in [7, 11) is 0. The number of fused-ring (bicyclic) bond motifs is 2. The van der Waals surface area contributed by atoms with Gasteiger partial charge in [0.05, 0.1) is 4.48 Å². The zero-order valence-corrected chi connectivity index (χ0v) is 11.2. The molecule has 1 aliphatic rings. The van der Waals surface area contributed by atoms with Gasteiger partial charge in [0, 0.05) is 17.2 Å². The van der Waals surface area contributed by atoms with E-state index in [9.17, 15) is 9.59 Å². The number of ketones is 2. The van der Waals surface area contributed by atoms with Gasteiger partial charge in [-0.05, 0) is 45.8 Å². The van der Waals surface area contributed by atoms with Crippen molar-refractivity contribution in [1.29, 1.82) is 0 Å². The summed E-state index contributed by atoms with van der Waals surface area (Å²) in [6, 6.07) is 9.57. The highest BCUT2D eigenvalue weighted by molar-refractivity contribution is 9.12. The maximum Gasteiger partial charge on any atom is 0.200 e. The van der Waals surface area contributed by atoms with Crippen LogP contribution in [0.25, 0.3) is 10.8 Å². The molecule has 0 aromatic heterocycles. The smallest absolute Gasteiger partial charge is 0.200 e. The highest BCUT2D eigenvalue weighted by Crippen LogP contribution is 2.29. The van der Waals surface area contributed by atoms with E-state index in [0.717, 1.165) is 16.3 Å². The van der Waals surface area contributed by atoms with Crippen LogP contribution in [-0.4, -0.2) is 11.6 Å². The van der Waals surface area contributed by atoms with Crippen molar-refractivity contribution in [1.82, 2.24) is 0 Å². The van der Waals surface area contributed by atoms with Crippen molar-refractivity contribution >= 4 is 38.3 Å². The second-order valence-electron chi connectivity index (χ2n) is 4.43. The summed E-state index contributed by atoms with van der Waals surface area (Å²) in [5.41, 5.74) is 2.10. The van der Waals surface area contributed by atoms with E-state index < -0.39 is 0 Å². The number of carbonyl (C=O) groups excluding carboxylic acids is 2. The first kappa shape index (κ1) is 11.4. The van der Waals surface area contributed by atoms with Crippen molar-refractivity contribution in [2.75, 3.05) is 0 Å². The molecule has 3 heteroatoms. The Hall–Kier alpha value is -1.74. The summed E-state index contributed by atoms with van der Waals surface area (Å²) in [4.78, 5) is 23.9. The Bertz CT molecular complexity index is 741. The molecule has 0 saturated carbocycles. The van der Waals surface area contributed by atoms with Gasteiger partial charge >= 0.3 is 0 Å². The molecular weight excluding hydrogens is 292 g/mol. The minimum Gasteiger partial charge on any atom is -0.289 e. The number of rotatable bonds is 0. The molecule has 2 aromatic carbocycles. The first-order valence-electron chi connectivity index (χ1n) is 5.57. The summed E-state index contributed by atoms with van der Waals surface area (Å²) < 4.78 is 0.326. The molecule has 2 nitrogen and oxygen atoms in total. The number of halogens is 1. The van der Waals surface area contributed by atoms with Crippen molar-refractivity contribution in [2.24, 2.45) is 0 Å². The maximum atomic E-state index is 12.0. The topological polar surface area (TPSA) is 34.1 Å². The first-order chi connectivity index (χ1) is 8.56. The number of carbonyl (C=O) groups is 2. The number of hydrogen-bond acceptors (Lipinski definition) is 2. The predicted octanol–water partition coefficient (Wildman–Crippen LogP) is 3.81. The van der Waals surface area contributed by atoms with E-state index in [-0.39, 0.29) is 11.6 Å². The van der Waals surface area contributed by atoms with Gasteiger partial charge in [-0.25, -0.2) is 0 Å². The van der Waals surface area contributed by atoms with E-state index in [4.69, 9.17) is 0 Å². The third kappa shape index (κ3) is 1.63. The molecule has 3 rings (SSSR count). The molecule has 0 fully saturated rings. The number of allylic oxidation sites excluding steroid dienone is 2. The van der Waals surface area contributed by atoms with Crippen molar-refractivity contribution in [3.63, 3.8) is 0 Å². The van der Waals surface area contributed by atoms with Crippen LogP contribution in [0.15, 0.2) is 40.9 Å². The second-order valence-corrected chi connectivity index (χ2v) is 5.29. The summed E-state index contributed by atoms with van der Waals surface area (Å²) >= 11 is 3.13. The van der Waals surface area contributed by atoms with E-state index in [2.05, 4.69) is 15.9 Å². The van der Waals surface area contributed by atoms with E-state index in [0.29, 0.717) is 15.6 Å².